The Morgan fingerprint density at radius 3 is 1.62 bits per heavy atom. The molecule has 4 nitrogen and oxygen atoms in total. The van der Waals surface area contributed by atoms with Crippen LogP contribution in [0.5, 0.6) is 0 Å². The number of esters is 2. The smallest absolute Gasteiger partial charge is 0.313 e. The average molecular weight is 294 g/mol. The number of rotatable bonds is 6. The first-order valence-corrected chi connectivity index (χ1v) is 7.90. The topological polar surface area (TPSA) is 52.6 Å². The lowest BCUT2D eigenvalue weighted by Gasteiger charge is -2.47. The lowest BCUT2D eigenvalue weighted by atomic mass is 9.54. The molecule has 1 fully saturated rings. The van der Waals surface area contributed by atoms with Crippen molar-refractivity contribution < 1.29 is 19.1 Å². The van der Waals surface area contributed by atoms with E-state index >= 15 is 0 Å². The molecule has 2 aliphatic carbocycles. The summed E-state index contributed by atoms with van der Waals surface area (Å²) >= 11 is 0. The van der Waals surface area contributed by atoms with Gasteiger partial charge < -0.3 is 9.47 Å². The molecule has 0 aromatic rings. The van der Waals surface area contributed by atoms with Gasteiger partial charge in [0.25, 0.3) is 0 Å². The van der Waals surface area contributed by atoms with E-state index in [0.717, 1.165) is 19.3 Å². The summed E-state index contributed by atoms with van der Waals surface area (Å²) in [5.41, 5.74) is -1.53. The third-order valence-electron chi connectivity index (χ3n) is 5.53. The minimum Gasteiger partial charge on any atom is -0.469 e. The lowest BCUT2D eigenvalue weighted by Crippen LogP contribution is -2.56. The van der Waals surface area contributed by atoms with Crippen LogP contribution >= 0.6 is 0 Å². The van der Waals surface area contributed by atoms with Gasteiger partial charge in [0.15, 0.2) is 0 Å². The second kappa shape index (κ2) is 5.82. The minimum absolute atomic E-state index is 0.0838. The molecule has 0 N–H and O–H groups in total. The van der Waals surface area contributed by atoms with Crippen LogP contribution in [0, 0.1) is 22.7 Å². The quantitative estimate of drug-likeness (QED) is 0.558. The number of carbonyl (C=O) groups is 2. The van der Waals surface area contributed by atoms with Crippen LogP contribution in [-0.4, -0.2) is 26.2 Å². The van der Waals surface area contributed by atoms with Gasteiger partial charge in [0.2, 0.25) is 0 Å². The van der Waals surface area contributed by atoms with E-state index in [1.165, 1.54) is 14.2 Å². The van der Waals surface area contributed by atoms with Crippen molar-refractivity contribution in [2.45, 2.75) is 46.0 Å². The second-order valence-electron chi connectivity index (χ2n) is 6.26. The Bertz CT molecular complexity index is 416. The zero-order valence-electron chi connectivity index (χ0n) is 13.5. The van der Waals surface area contributed by atoms with Crippen molar-refractivity contribution in [3.05, 3.63) is 12.2 Å². The van der Waals surface area contributed by atoms with Crippen LogP contribution in [-0.2, 0) is 19.1 Å². The maximum atomic E-state index is 12.8. The first kappa shape index (κ1) is 16.1. The van der Waals surface area contributed by atoms with Gasteiger partial charge in [-0.25, -0.2) is 0 Å². The molecule has 0 aliphatic heterocycles. The van der Waals surface area contributed by atoms with Gasteiger partial charge >= 0.3 is 11.9 Å². The summed E-state index contributed by atoms with van der Waals surface area (Å²) in [5.74, 6) is -0.332. The van der Waals surface area contributed by atoms with Gasteiger partial charge in [-0.2, -0.15) is 0 Å². The van der Waals surface area contributed by atoms with E-state index in [9.17, 15) is 9.59 Å². The zero-order valence-corrected chi connectivity index (χ0v) is 13.5. The number of fused-ring (bicyclic) bond motifs is 2. The van der Waals surface area contributed by atoms with Crippen LogP contribution in [0.3, 0.4) is 0 Å². The monoisotopic (exact) mass is 294 g/mol. The van der Waals surface area contributed by atoms with Crippen molar-refractivity contribution in [3.8, 4) is 0 Å². The molecule has 2 rings (SSSR count). The molecule has 2 unspecified atom stereocenters. The normalized spacial score (nSPS) is 36.8. The van der Waals surface area contributed by atoms with Gasteiger partial charge in [-0.3, -0.25) is 9.59 Å². The van der Waals surface area contributed by atoms with E-state index in [0.29, 0.717) is 12.8 Å². The van der Waals surface area contributed by atoms with Gasteiger partial charge in [0.1, 0.15) is 0 Å². The summed E-state index contributed by atoms with van der Waals surface area (Å²) in [7, 11) is 2.84. The fourth-order valence-electron chi connectivity index (χ4n) is 4.93. The highest BCUT2D eigenvalue weighted by Crippen LogP contribution is 2.68. The molecule has 4 atom stereocenters. The van der Waals surface area contributed by atoms with E-state index in [4.69, 9.17) is 9.47 Å². The SMILES string of the molecule is CCCC1(C(=O)OC)[C@@H]2C=C[C@H](C2)C1(CCC)C(=O)OC. The van der Waals surface area contributed by atoms with Crippen LogP contribution in [0.25, 0.3) is 0 Å². The number of methoxy groups -OCH3 is 2. The molecule has 2 bridgehead atoms. The summed E-state index contributed by atoms with van der Waals surface area (Å²) in [6.07, 6.45) is 8.08. The number of carbonyl (C=O) groups excluding carboxylic acids is 2. The predicted octanol–water partition coefficient (Wildman–Crippen LogP) is 3.11. The fraction of sp³-hybridized carbons (Fsp3) is 0.765. The summed E-state index contributed by atoms with van der Waals surface area (Å²) in [6.45, 7) is 4.10. The van der Waals surface area contributed by atoms with E-state index in [2.05, 4.69) is 12.2 Å². The molecular formula is C17H26O4. The second-order valence-corrected chi connectivity index (χ2v) is 6.26. The van der Waals surface area contributed by atoms with Crippen molar-refractivity contribution in [2.75, 3.05) is 14.2 Å². The molecule has 0 spiro atoms. The first-order chi connectivity index (χ1) is 10.0. The maximum absolute atomic E-state index is 12.8. The molecule has 0 saturated heterocycles. The van der Waals surface area contributed by atoms with Gasteiger partial charge in [-0.1, -0.05) is 38.8 Å². The van der Waals surface area contributed by atoms with Crippen molar-refractivity contribution in [2.24, 2.45) is 22.7 Å². The summed E-state index contributed by atoms with van der Waals surface area (Å²) in [4.78, 5) is 25.5. The Balaban J connectivity index is 2.64. The van der Waals surface area contributed by atoms with Crippen molar-refractivity contribution in [3.63, 3.8) is 0 Å². The standard InChI is InChI=1S/C17H26O4/c1-5-9-16(14(18)20-3)12-7-8-13(11-12)17(16,10-6-2)15(19)21-4/h7-8,12-13H,5-6,9-11H2,1-4H3/t12-,13-,16?,17?/m1/s1. The van der Waals surface area contributed by atoms with Crippen molar-refractivity contribution in [1.29, 1.82) is 0 Å². The minimum atomic E-state index is -0.765. The molecule has 0 aromatic heterocycles. The first-order valence-electron chi connectivity index (χ1n) is 7.90. The van der Waals surface area contributed by atoms with Crippen molar-refractivity contribution in [1.82, 2.24) is 0 Å². The fourth-order valence-corrected chi connectivity index (χ4v) is 4.93. The Labute approximate surface area is 126 Å². The Morgan fingerprint density at radius 2 is 1.33 bits per heavy atom. The summed E-state index contributed by atoms with van der Waals surface area (Å²) in [5, 5.41) is 0. The molecule has 0 aromatic carbocycles. The van der Waals surface area contributed by atoms with Crippen LogP contribution in [0.15, 0.2) is 12.2 Å². The number of hydrogen-bond donors (Lipinski definition) is 0. The molecule has 118 valence electrons. The summed E-state index contributed by atoms with van der Waals surface area (Å²) < 4.78 is 10.3. The molecule has 0 radical (unpaired) electrons. The Morgan fingerprint density at radius 1 is 0.952 bits per heavy atom. The number of hydrogen-bond acceptors (Lipinski definition) is 4. The Hall–Kier alpha value is -1.32. The van der Waals surface area contributed by atoms with Gasteiger partial charge in [0, 0.05) is 0 Å². The highest BCUT2D eigenvalue weighted by molar-refractivity contribution is 5.91. The van der Waals surface area contributed by atoms with Crippen LogP contribution in [0.2, 0.25) is 0 Å². The predicted molar refractivity (Wildman–Crippen MR) is 79.5 cm³/mol. The number of ether oxygens (including phenoxy) is 2. The van der Waals surface area contributed by atoms with Crippen molar-refractivity contribution >= 4 is 11.9 Å². The molecule has 0 amide bonds. The highest BCUT2D eigenvalue weighted by atomic mass is 16.5. The van der Waals surface area contributed by atoms with E-state index in [1.807, 2.05) is 13.8 Å². The number of allylic oxidation sites excluding steroid dienone is 2. The third-order valence-corrected chi connectivity index (χ3v) is 5.53. The molecule has 0 heterocycles. The molecule has 4 heteroatoms. The van der Waals surface area contributed by atoms with E-state index in [1.54, 1.807) is 0 Å². The van der Waals surface area contributed by atoms with Crippen LogP contribution in [0.1, 0.15) is 46.0 Å². The molecule has 1 saturated carbocycles. The van der Waals surface area contributed by atoms with Gasteiger partial charge in [-0.05, 0) is 31.1 Å². The highest BCUT2D eigenvalue weighted by Gasteiger charge is 2.72. The van der Waals surface area contributed by atoms with Crippen LogP contribution < -0.4 is 0 Å². The summed E-state index contributed by atoms with van der Waals surface area (Å²) in [6, 6.07) is 0. The van der Waals surface area contributed by atoms with E-state index in [-0.39, 0.29) is 23.8 Å². The third kappa shape index (κ3) is 1.87. The van der Waals surface area contributed by atoms with Gasteiger partial charge in [-0.15, -0.1) is 0 Å². The average Bonchev–Trinajstić information content (AvgIpc) is 3.07. The van der Waals surface area contributed by atoms with Crippen LogP contribution in [0.4, 0.5) is 0 Å². The zero-order chi connectivity index (χ0) is 15.7. The molecule has 21 heavy (non-hydrogen) atoms. The maximum Gasteiger partial charge on any atom is 0.313 e. The largest absolute Gasteiger partial charge is 0.469 e. The van der Waals surface area contributed by atoms with E-state index < -0.39 is 10.8 Å². The van der Waals surface area contributed by atoms with Gasteiger partial charge in [0.05, 0.1) is 25.0 Å². The Kier molecular flexibility index (Phi) is 4.45. The molecule has 2 aliphatic rings. The lowest BCUT2D eigenvalue weighted by molar-refractivity contribution is -0.182. The molecular weight excluding hydrogens is 268 g/mol.